The molecule has 2 rings (SSSR count). The molecule has 2 nitrogen and oxygen atoms in total. The van der Waals surface area contributed by atoms with E-state index in [1.807, 2.05) is 12.1 Å². The number of nitrogens with one attached hydrogen (secondary N) is 1. The van der Waals surface area contributed by atoms with Crippen LogP contribution < -0.4 is 5.32 Å². The van der Waals surface area contributed by atoms with Gasteiger partial charge in [0.05, 0.1) is 6.10 Å². The first-order chi connectivity index (χ1) is 7.75. The van der Waals surface area contributed by atoms with Crippen LogP contribution in [0.15, 0.2) is 24.3 Å². The van der Waals surface area contributed by atoms with Crippen LogP contribution in [0.1, 0.15) is 36.5 Å². The van der Waals surface area contributed by atoms with Gasteiger partial charge >= 0.3 is 0 Å². The summed E-state index contributed by atoms with van der Waals surface area (Å²) in [6.45, 7) is 4.26. The Balaban J connectivity index is 1.94. The molecule has 2 atom stereocenters. The lowest BCUT2D eigenvalue weighted by molar-refractivity contribution is 0.135. The second-order valence-corrected chi connectivity index (χ2v) is 4.88. The minimum Gasteiger partial charge on any atom is -0.388 e. The summed E-state index contributed by atoms with van der Waals surface area (Å²) in [6, 6.07) is 8.19. The van der Waals surface area contributed by atoms with Gasteiger partial charge in [0, 0.05) is 0 Å². The molecule has 16 heavy (non-hydrogen) atoms. The highest BCUT2D eigenvalue weighted by molar-refractivity contribution is 5.24. The molecular weight excluding hydrogens is 198 g/mol. The van der Waals surface area contributed by atoms with Crippen LogP contribution in [0.25, 0.3) is 0 Å². The largest absolute Gasteiger partial charge is 0.388 e. The van der Waals surface area contributed by atoms with E-state index in [0.717, 1.165) is 25.1 Å². The SMILES string of the molecule is Cc1cccc(C(O)CC2CCCNC2)c1. The normalized spacial score (nSPS) is 23.0. The van der Waals surface area contributed by atoms with E-state index in [4.69, 9.17) is 0 Å². The van der Waals surface area contributed by atoms with Gasteiger partial charge in [-0.2, -0.15) is 0 Å². The molecule has 2 unspecified atom stereocenters. The lowest BCUT2D eigenvalue weighted by Crippen LogP contribution is -2.30. The van der Waals surface area contributed by atoms with E-state index < -0.39 is 0 Å². The summed E-state index contributed by atoms with van der Waals surface area (Å²) in [7, 11) is 0. The smallest absolute Gasteiger partial charge is 0.0793 e. The van der Waals surface area contributed by atoms with Crippen molar-refractivity contribution in [2.75, 3.05) is 13.1 Å². The zero-order valence-electron chi connectivity index (χ0n) is 9.95. The van der Waals surface area contributed by atoms with E-state index in [-0.39, 0.29) is 6.10 Å². The molecule has 88 valence electrons. The molecule has 2 N–H and O–H groups in total. The standard InChI is InChI=1S/C14H21NO/c1-11-4-2-6-13(8-11)14(16)9-12-5-3-7-15-10-12/h2,4,6,8,12,14-16H,3,5,7,9-10H2,1H3. The molecule has 1 aliphatic rings. The van der Waals surface area contributed by atoms with Crippen molar-refractivity contribution in [3.05, 3.63) is 35.4 Å². The zero-order chi connectivity index (χ0) is 11.4. The minimum atomic E-state index is -0.301. The lowest BCUT2D eigenvalue weighted by Gasteiger charge is -2.25. The van der Waals surface area contributed by atoms with E-state index in [0.29, 0.717) is 5.92 Å². The van der Waals surface area contributed by atoms with E-state index in [1.165, 1.54) is 18.4 Å². The van der Waals surface area contributed by atoms with Crippen molar-refractivity contribution in [1.82, 2.24) is 5.32 Å². The van der Waals surface area contributed by atoms with Crippen LogP contribution in [0.5, 0.6) is 0 Å². The van der Waals surface area contributed by atoms with Crippen molar-refractivity contribution >= 4 is 0 Å². The highest BCUT2D eigenvalue weighted by Gasteiger charge is 2.18. The van der Waals surface area contributed by atoms with Gasteiger partial charge in [0.2, 0.25) is 0 Å². The van der Waals surface area contributed by atoms with E-state index >= 15 is 0 Å². The van der Waals surface area contributed by atoms with Crippen molar-refractivity contribution in [3.8, 4) is 0 Å². The van der Waals surface area contributed by atoms with E-state index in [9.17, 15) is 5.11 Å². The molecule has 0 saturated carbocycles. The molecule has 0 aliphatic carbocycles. The third kappa shape index (κ3) is 3.06. The maximum atomic E-state index is 10.2. The molecule has 2 heteroatoms. The van der Waals surface area contributed by atoms with Gasteiger partial charge in [-0.25, -0.2) is 0 Å². The number of aryl methyl sites for hydroxylation is 1. The fraction of sp³-hybridized carbons (Fsp3) is 0.571. The van der Waals surface area contributed by atoms with E-state index in [2.05, 4.69) is 24.4 Å². The number of piperidine rings is 1. The summed E-state index contributed by atoms with van der Waals surface area (Å²) in [5.74, 6) is 0.629. The second-order valence-electron chi connectivity index (χ2n) is 4.88. The molecule has 1 saturated heterocycles. The van der Waals surface area contributed by atoms with Crippen LogP contribution in [0.2, 0.25) is 0 Å². The molecule has 0 bridgehead atoms. The van der Waals surface area contributed by atoms with Crippen LogP contribution >= 0.6 is 0 Å². The Kier molecular flexibility index (Phi) is 3.97. The van der Waals surface area contributed by atoms with Crippen molar-refractivity contribution < 1.29 is 5.11 Å². The summed E-state index contributed by atoms with van der Waals surface area (Å²) < 4.78 is 0. The number of aliphatic hydroxyl groups is 1. The van der Waals surface area contributed by atoms with Gasteiger partial charge in [0.15, 0.2) is 0 Å². The number of aliphatic hydroxyl groups excluding tert-OH is 1. The fourth-order valence-corrected chi connectivity index (χ4v) is 2.45. The number of rotatable bonds is 3. The molecule has 1 heterocycles. The Morgan fingerprint density at radius 2 is 2.38 bits per heavy atom. The summed E-state index contributed by atoms with van der Waals surface area (Å²) in [6.07, 6.45) is 3.07. The quantitative estimate of drug-likeness (QED) is 0.818. The molecule has 0 spiro atoms. The first-order valence-electron chi connectivity index (χ1n) is 6.21. The third-order valence-corrected chi connectivity index (χ3v) is 3.38. The Labute approximate surface area is 97.7 Å². The summed E-state index contributed by atoms with van der Waals surface area (Å²) in [5, 5.41) is 13.6. The maximum absolute atomic E-state index is 10.2. The zero-order valence-corrected chi connectivity index (χ0v) is 9.95. The Morgan fingerprint density at radius 1 is 1.50 bits per heavy atom. The van der Waals surface area contributed by atoms with Gasteiger partial charge in [-0.1, -0.05) is 29.8 Å². The molecule has 0 amide bonds. The van der Waals surface area contributed by atoms with Gasteiger partial charge in [-0.3, -0.25) is 0 Å². The van der Waals surface area contributed by atoms with Gasteiger partial charge in [-0.05, 0) is 50.8 Å². The van der Waals surface area contributed by atoms with Crippen molar-refractivity contribution in [1.29, 1.82) is 0 Å². The van der Waals surface area contributed by atoms with Gasteiger partial charge in [0.25, 0.3) is 0 Å². The maximum Gasteiger partial charge on any atom is 0.0793 e. The van der Waals surface area contributed by atoms with Gasteiger partial charge < -0.3 is 10.4 Å². The minimum absolute atomic E-state index is 0.301. The second kappa shape index (κ2) is 5.46. The van der Waals surface area contributed by atoms with Crippen LogP contribution in [-0.2, 0) is 0 Å². The van der Waals surface area contributed by atoms with Gasteiger partial charge in [0.1, 0.15) is 0 Å². The average molecular weight is 219 g/mol. The summed E-state index contributed by atoms with van der Waals surface area (Å²) in [5.41, 5.74) is 2.28. The summed E-state index contributed by atoms with van der Waals surface area (Å²) >= 11 is 0. The summed E-state index contributed by atoms with van der Waals surface area (Å²) in [4.78, 5) is 0. The molecule has 1 aromatic carbocycles. The number of hydrogen-bond acceptors (Lipinski definition) is 2. The predicted molar refractivity (Wildman–Crippen MR) is 66.3 cm³/mol. The molecule has 1 fully saturated rings. The van der Waals surface area contributed by atoms with E-state index in [1.54, 1.807) is 0 Å². The topological polar surface area (TPSA) is 32.3 Å². The Bertz CT molecular complexity index is 331. The van der Waals surface area contributed by atoms with Crippen LogP contribution in [-0.4, -0.2) is 18.2 Å². The van der Waals surface area contributed by atoms with Crippen molar-refractivity contribution in [2.24, 2.45) is 5.92 Å². The van der Waals surface area contributed by atoms with Crippen LogP contribution in [0, 0.1) is 12.8 Å². The third-order valence-electron chi connectivity index (χ3n) is 3.38. The number of hydrogen-bond donors (Lipinski definition) is 2. The van der Waals surface area contributed by atoms with Gasteiger partial charge in [-0.15, -0.1) is 0 Å². The Hall–Kier alpha value is -0.860. The average Bonchev–Trinajstić information content (AvgIpc) is 2.30. The number of benzene rings is 1. The van der Waals surface area contributed by atoms with Crippen molar-refractivity contribution in [2.45, 2.75) is 32.3 Å². The molecule has 0 aromatic heterocycles. The highest BCUT2D eigenvalue weighted by atomic mass is 16.3. The highest BCUT2D eigenvalue weighted by Crippen LogP contribution is 2.25. The van der Waals surface area contributed by atoms with Crippen LogP contribution in [0.3, 0.4) is 0 Å². The van der Waals surface area contributed by atoms with Crippen LogP contribution in [0.4, 0.5) is 0 Å². The Morgan fingerprint density at radius 3 is 3.06 bits per heavy atom. The lowest BCUT2D eigenvalue weighted by atomic mass is 9.91. The molecule has 1 aliphatic heterocycles. The molecule has 0 radical (unpaired) electrons. The molecular formula is C14H21NO. The fourth-order valence-electron chi connectivity index (χ4n) is 2.45. The molecule has 1 aromatic rings. The van der Waals surface area contributed by atoms with Crippen molar-refractivity contribution in [3.63, 3.8) is 0 Å². The first-order valence-corrected chi connectivity index (χ1v) is 6.21. The first kappa shape index (κ1) is 11.6. The monoisotopic (exact) mass is 219 g/mol. The predicted octanol–water partition coefficient (Wildman–Crippen LogP) is 2.42.